The van der Waals surface area contributed by atoms with E-state index in [1.54, 1.807) is 4.90 Å². The second-order valence-electron chi connectivity index (χ2n) is 8.10. The molecule has 0 spiro atoms. The van der Waals surface area contributed by atoms with Crippen molar-refractivity contribution in [2.45, 2.75) is 6.54 Å². The molecule has 1 aliphatic rings. The molecule has 5 rings (SSSR count). The van der Waals surface area contributed by atoms with Gasteiger partial charge in [-0.15, -0.1) is 0 Å². The smallest absolute Gasteiger partial charge is 0.275 e. The van der Waals surface area contributed by atoms with E-state index in [1.165, 1.54) is 19.2 Å². The van der Waals surface area contributed by atoms with Crippen LogP contribution in [0, 0.1) is 5.82 Å². The summed E-state index contributed by atoms with van der Waals surface area (Å²) in [7, 11) is 1.44. The van der Waals surface area contributed by atoms with Crippen molar-refractivity contribution < 1.29 is 13.9 Å². The molecule has 0 bridgehead atoms. The van der Waals surface area contributed by atoms with Crippen LogP contribution in [-0.4, -0.2) is 63.4 Å². The van der Waals surface area contributed by atoms with E-state index in [0.29, 0.717) is 37.7 Å². The highest BCUT2D eigenvalue weighted by Crippen LogP contribution is 2.27. The van der Waals surface area contributed by atoms with Crippen LogP contribution in [0.2, 0.25) is 5.02 Å². The molecule has 174 valence electrons. The molecule has 1 aromatic carbocycles. The van der Waals surface area contributed by atoms with Crippen molar-refractivity contribution in [3.8, 4) is 17.1 Å². The van der Waals surface area contributed by atoms with Gasteiger partial charge in [-0.1, -0.05) is 29.8 Å². The summed E-state index contributed by atoms with van der Waals surface area (Å²) in [6, 6.07) is 16.2. The minimum Gasteiger partial charge on any atom is -0.481 e. The van der Waals surface area contributed by atoms with Crippen LogP contribution < -0.4 is 4.74 Å². The Hall–Kier alpha value is -3.49. The van der Waals surface area contributed by atoms with Crippen LogP contribution in [0.4, 0.5) is 4.39 Å². The van der Waals surface area contributed by atoms with E-state index in [0.717, 1.165) is 22.6 Å². The number of hydrogen-bond donors (Lipinski definition) is 0. The number of nitrogens with zero attached hydrogens (tertiary/aromatic N) is 5. The maximum atomic E-state index is 14.2. The van der Waals surface area contributed by atoms with Gasteiger partial charge in [-0.2, -0.15) is 0 Å². The van der Waals surface area contributed by atoms with Gasteiger partial charge in [-0.3, -0.25) is 9.69 Å². The zero-order valence-corrected chi connectivity index (χ0v) is 19.4. The number of aromatic nitrogens is 3. The van der Waals surface area contributed by atoms with E-state index in [1.807, 2.05) is 48.7 Å². The maximum Gasteiger partial charge on any atom is 0.275 e. The summed E-state index contributed by atoms with van der Waals surface area (Å²) in [4.78, 5) is 25.6. The van der Waals surface area contributed by atoms with Crippen LogP contribution in [0.25, 0.3) is 16.9 Å². The molecular formula is C25H23ClFN5O2. The topological polar surface area (TPSA) is 63.0 Å². The Bertz CT molecular complexity index is 1330. The lowest BCUT2D eigenvalue weighted by molar-refractivity contribution is 0.0615. The molecule has 0 saturated carbocycles. The van der Waals surface area contributed by atoms with Crippen LogP contribution in [0.3, 0.4) is 0 Å². The molecule has 0 unspecified atom stereocenters. The molecule has 0 aliphatic carbocycles. The summed E-state index contributed by atoms with van der Waals surface area (Å²) in [5.41, 5.74) is 3.63. The Morgan fingerprint density at radius 1 is 1.03 bits per heavy atom. The van der Waals surface area contributed by atoms with E-state index in [-0.39, 0.29) is 11.6 Å². The standard InChI is InChI=1S/C25H23ClFN5O2/c1-34-22-10-9-19(27)24(29-22)25(33)31-14-12-30(13-15-31)16-20-23(17-5-7-18(26)8-6-17)28-21-4-2-3-11-32(20)21/h2-11H,12-16H2,1H3. The second kappa shape index (κ2) is 9.40. The number of piperazine rings is 1. The fraction of sp³-hybridized carbons (Fsp3) is 0.240. The lowest BCUT2D eigenvalue weighted by atomic mass is 10.1. The molecule has 0 atom stereocenters. The van der Waals surface area contributed by atoms with E-state index >= 15 is 0 Å². The van der Waals surface area contributed by atoms with Gasteiger partial charge in [0.05, 0.1) is 18.5 Å². The Morgan fingerprint density at radius 2 is 1.79 bits per heavy atom. The third-order valence-corrected chi connectivity index (χ3v) is 6.26. The minimum absolute atomic E-state index is 0.209. The number of rotatable bonds is 5. The first kappa shape index (κ1) is 22.3. The van der Waals surface area contributed by atoms with Gasteiger partial charge in [0.1, 0.15) is 5.65 Å². The van der Waals surface area contributed by atoms with Crippen LogP contribution >= 0.6 is 11.6 Å². The molecule has 4 aromatic rings. The number of carbonyl (C=O) groups excluding carboxylic acids is 1. The number of fused-ring (bicyclic) bond motifs is 1. The highest BCUT2D eigenvalue weighted by molar-refractivity contribution is 6.30. The van der Waals surface area contributed by atoms with Gasteiger partial charge in [-0.25, -0.2) is 14.4 Å². The molecule has 1 amide bonds. The lowest BCUT2D eigenvalue weighted by Crippen LogP contribution is -2.48. The fourth-order valence-electron chi connectivity index (χ4n) is 4.20. The summed E-state index contributed by atoms with van der Waals surface area (Å²) in [5.74, 6) is -0.856. The first-order valence-electron chi connectivity index (χ1n) is 11.0. The molecular weight excluding hydrogens is 457 g/mol. The van der Waals surface area contributed by atoms with Crippen molar-refractivity contribution >= 4 is 23.2 Å². The molecule has 9 heteroatoms. The molecule has 1 saturated heterocycles. The average Bonchev–Trinajstić information content (AvgIpc) is 3.23. The van der Waals surface area contributed by atoms with Crippen molar-refractivity contribution in [2.75, 3.05) is 33.3 Å². The molecule has 7 nitrogen and oxygen atoms in total. The molecule has 1 aliphatic heterocycles. The normalized spacial score (nSPS) is 14.5. The van der Waals surface area contributed by atoms with Crippen molar-refractivity contribution in [2.24, 2.45) is 0 Å². The molecule has 4 heterocycles. The fourth-order valence-corrected chi connectivity index (χ4v) is 4.32. The van der Waals surface area contributed by atoms with Gasteiger partial charge in [0.2, 0.25) is 5.88 Å². The lowest BCUT2D eigenvalue weighted by Gasteiger charge is -2.34. The first-order valence-corrected chi connectivity index (χ1v) is 11.4. The average molecular weight is 480 g/mol. The van der Waals surface area contributed by atoms with Gasteiger partial charge in [0.15, 0.2) is 11.5 Å². The van der Waals surface area contributed by atoms with Gasteiger partial charge in [-0.05, 0) is 30.3 Å². The number of imidazole rings is 1. The number of hydrogen-bond acceptors (Lipinski definition) is 5. The van der Waals surface area contributed by atoms with Crippen molar-refractivity contribution in [3.05, 3.63) is 83.0 Å². The van der Waals surface area contributed by atoms with Crippen LogP contribution in [-0.2, 0) is 6.54 Å². The molecule has 3 aromatic heterocycles. The van der Waals surface area contributed by atoms with Gasteiger partial charge in [0, 0.05) is 55.6 Å². The highest BCUT2D eigenvalue weighted by Gasteiger charge is 2.27. The second-order valence-corrected chi connectivity index (χ2v) is 8.53. The molecule has 34 heavy (non-hydrogen) atoms. The van der Waals surface area contributed by atoms with E-state index in [9.17, 15) is 9.18 Å². The minimum atomic E-state index is -0.647. The van der Waals surface area contributed by atoms with Crippen LogP contribution in [0.1, 0.15) is 16.2 Å². The Labute approximate surface area is 201 Å². The monoisotopic (exact) mass is 479 g/mol. The highest BCUT2D eigenvalue weighted by atomic mass is 35.5. The summed E-state index contributed by atoms with van der Waals surface area (Å²) < 4.78 is 21.4. The van der Waals surface area contributed by atoms with E-state index < -0.39 is 11.7 Å². The predicted molar refractivity (Wildman–Crippen MR) is 128 cm³/mol. The number of benzene rings is 1. The van der Waals surface area contributed by atoms with Crippen molar-refractivity contribution in [1.29, 1.82) is 0 Å². The first-order chi connectivity index (χ1) is 16.5. The molecule has 1 fully saturated rings. The summed E-state index contributed by atoms with van der Waals surface area (Å²) in [6.07, 6.45) is 2.01. The van der Waals surface area contributed by atoms with Crippen molar-refractivity contribution in [3.63, 3.8) is 0 Å². The van der Waals surface area contributed by atoms with Gasteiger partial charge in [0.25, 0.3) is 5.91 Å². The summed E-state index contributed by atoms with van der Waals surface area (Å²) >= 11 is 6.08. The SMILES string of the molecule is COc1ccc(F)c(C(=O)N2CCN(Cc3c(-c4ccc(Cl)cc4)nc4ccccn34)CC2)n1. The van der Waals surface area contributed by atoms with Crippen molar-refractivity contribution in [1.82, 2.24) is 24.2 Å². The van der Waals surface area contributed by atoms with Crippen LogP contribution in [0.15, 0.2) is 60.8 Å². The molecule has 0 N–H and O–H groups in total. The quantitative estimate of drug-likeness (QED) is 0.430. The van der Waals surface area contributed by atoms with E-state index in [4.69, 9.17) is 21.3 Å². The maximum absolute atomic E-state index is 14.2. The van der Waals surface area contributed by atoms with Gasteiger partial charge >= 0.3 is 0 Å². The predicted octanol–water partition coefficient (Wildman–Crippen LogP) is 4.16. The number of pyridine rings is 2. The number of methoxy groups -OCH3 is 1. The van der Waals surface area contributed by atoms with Gasteiger partial charge < -0.3 is 14.0 Å². The zero-order chi connectivity index (χ0) is 23.7. The van der Waals surface area contributed by atoms with Crippen LogP contribution in [0.5, 0.6) is 5.88 Å². The Kier molecular flexibility index (Phi) is 6.17. The summed E-state index contributed by atoms with van der Waals surface area (Å²) in [5, 5.41) is 0.678. The Balaban J connectivity index is 1.34. The third kappa shape index (κ3) is 4.34. The third-order valence-electron chi connectivity index (χ3n) is 6.01. The van der Waals surface area contributed by atoms with E-state index in [2.05, 4.69) is 14.3 Å². The number of halogens is 2. The number of amides is 1. The largest absolute Gasteiger partial charge is 0.481 e. The Morgan fingerprint density at radius 3 is 2.53 bits per heavy atom. The number of ether oxygens (including phenoxy) is 1. The summed E-state index contributed by atoms with van der Waals surface area (Å²) in [6.45, 7) is 2.92. The number of carbonyl (C=O) groups is 1. The molecule has 0 radical (unpaired) electrons. The zero-order valence-electron chi connectivity index (χ0n) is 18.6.